The average Bonchev–Trinajstić information content (AvgIpc) is 1.59. The summed E-state index contributed by atoms with van der Waals surface area (Å²) >= 11 is 6.83. The van der Waals surface area contributed by atoms with Crippen LogP contribution in [0.5, 0.6) is 5.75 Å². The number of epoxide rings is 1. The maximum Gasteiger partial charge on any atom is 0.424 e. The summed E-state index contributed by atoms with van der Waals surface area (Å²) in [6, 6.07) is 19.3. The van der Waals surface area contributed by atoms with Gasteiger partial charge in [0.2, 0.25) is 29.5 Å². The monoisotopic (exact) mass is 1340 g/mol. The number of alkyl carbamates (subject to hydrolysis) is 1. The largest absolute Gasteiger partial charge is 0.495 e. The molecule has 0 saturated carbocycles. The molecule has 514 valence electrons. The van der Waals surface area contributed by atoms with Crippen molar-refractivity contribution in [2.75, 3.05) is 86.9 Å². The van der Waals surface area contributed by atoms with E-state index < -0.39 is 114 Å². The van der Waals surface area contributed by atoms with Gasteiger partial charge < -0.3 is 73.7 Å². The number of nitrogens with one attached hydrogen (secondary N) is 3. The molecule has 27 heteroatoms. The van der Waals surface area contributed by atoms with Crippen LogP contribution in [0.2, 0.25) is 5.02 Å². The predicted octanol–water partition coefficient (Wildman–Crippen LogP) is 5.53. The highest BCUT2D eigenvalue weighted by molar-refractivity contribution is 6.35. The Morgan fingerprint density at radius 3 is 2.31 bits per heavy atom. The standard InChI is InChI=1S/C68H88ClN9O17/c1-41-16-15-21-55(89-10)68(87)37-54(93-65(85)73-68)42(2)62-67(4,95-62)56(36-60(82)76(7)52-33-45(32-41)34-53(88-9)61(52)69)94-64(84)43(3)75(6)59(81)24-28-90-30-31-91-29-25-71-63(83)51(35-57(70)79)72-58(80)23-27-78-26-22-44(39-78)38-74(5)77(8)66(86)92-40-50-48-19-13-11-17-46(48)47-18-12-14-20-49(47)50/h11-22,26,33-34,39,42-43,50-51,54-56,62,87H,23-25,27-32,35-38,40H2,1-10H3,(H2,70,79)(H,71,83)(H,72,80)(H,73,85)/b21-15+,41-16+/t42-,43+,51+,54+,55-,56+,62?,67+,68+/m1/s1. The summed E-state index contributed by atoms with van der Waals surface area (Å²) in [6.07, 6.45) is 2.86. The molecule has 0 spiro atoms. The summed E-state index contributed by atoms with van der Waals surface area (Å²) in [5.74, 6) is -4.06. The number of carbonyl (C=O) groups excluding carboxylic acids is 8. The van der Waals surface area contributed by atoms with Crippen molar-refractivity contribution in [1.29, 1.82) is 0 Å². The first-order chi connectivity index (χ1) is 45.2. The number of ether oxygens (including phenoxy) is 8. The number of anilines is 1. The molecule has 2 saturated heterocycles. The minimum absolute atomic E-state index is 0.0197. The van der Waals surface area contributed by atoms with Crippen molar-refractivity contribution >= 4 is 65.0 Å². The van der Waals surface area contributed by atoms with Crippen LogP contribution in [0.3, 0.4) is 0 Å². The molecule has 1 unspecified atom stereocenters. The van der Waals surface area contributed by atoms with Gasteiger partial charge >= 0.3 is 18.2 Å². The van der Waals surface area contributed by atoms with Crippen LogP contribution in [0.15, 0.2) is 103 Å². The van der Waals surface area contributed by atoms with Crippen molar-refractivity contribution in [1.82, 2.24) is 35.4 Å². The number of aryl methyl sites for hydroxylation is 1. The first-order valence-corrected chi connectivity index (χ1v) is 31.9. The van der Waals surface area contributed by atoms with Crippen molar-refractivity contribution in [2.45, 2.75) is 133 Å². The molecule has 4 bridgehead atoms. The number of aromatic nitrogens is 1. The highest BCUT2D eigenvalue weighted by Crippen LogP contribution is 2.50. The number of methoxy groups -OCH3 is 2. The highest BCUT2D eigenvalue weighted by Gasteiger charge is 2.64. The first kappa shape index (κ1) is 72.5. The predicted molar refractivity (Wildman–Crippen MR) is 349 cm³/mol. The topological polar surface area (TPSA) is 314 Å². The number of aliphatic hydroxyl groups is 1. The summed E-state index contributed by atoms with van der Waals surface area (Å²) in [4.78, 5) is 109. The Hall–Kier alpha value is -8.37. The molecule has 26 nitrogen and oxygen atoms in total. The maximum absolute atomic E-state index is 14.4. The third kappa shape index (κ3) is 18.2. The normalized spacial score (nSPS) is 23.2. The second-order valence-electron chi connectivity index (χ2n) is 24.6. The van der Waals surface area contributed by atoms with Crippen molar-refractivity contribution in [3.05, 3.63) is 130 Å². The fourth-order valence-corrected chi connectivity index (χ4v) is 12.4. The third-order valence-electron chi connectivity index (χ3n) is 17.9. The molecule has 3 aromatic carbocycles. The van der Waals surface area contributed by atoms with Gasteiger partial charge in [-0.2, -0.15) is 0 Å². The van der Waals surface area contributed by atoms with E-state index in [0.29, 0.717) is 24.4 Å². The van der Waals surface area contributed by atoms with E-state index in [-0.39, 0.29) is 76.3 Å². The molecule has 8 rings (SSSR count). The maximum atomic E-state index is 14.4. The van der Waals surface area contributed by atoms with E-state index in [1.54, 1.807) is 75.0 Å². The molecule has 1 aromatic heterocycles. The number of rotatable bonds is 26. The number of carbonyl (C=O) groups is 8. The Balaban J connectivity index is 0.754. The number of nitrogens with zero attached hydrogens (tertiary/aromatic N) is 5. The van der Waals surface area contributed by atoms with Gasteiger partial charge in [-0.3, -0.25) is 29.3 Å². The van der Waals surface area contributed by atoms with E-state index in [9.17, 15) is 43.5 Å². The van der Waals surface area contributed by atoms with Gasteiger partial charge in [0.25, 0.3) is 0 Å². The zero-order valence-corrected chi connectivity index (χ0v) is 56.2. The molecular formula is C68H88ClN9O17. The van der Waals surface area contributed by atoms with Crippen molar-refractivity contribution in [2.24, 2.45) is 11.7 Å². The molecule has 3 aliphatic heterocycles. The molecule has 2 fully saturated rings. The van der Waals surface area contributed by atoms with Gasteiger partial charge in [-0.15, -0.1) is 0 Å². The molecule has 7 amide bonds. The molecule has 4 heterocycles. The molecule has 95 heavy (non-hydrogen) atoms. The SMILES string of the molecule is COc1cc2cc(c1Cl)N(C)C(=O)C[C@H](OC(=O)[C@H](C)N(C)C(=O)CCOCCOCCNC(=O)[C@H](CC(N)=O)NC(=O)CCn1ccc(CN(C)N(C)C(=O)OCC3c4ccccc4-c4ccccc43)c1)[C@]1(C)OC1[C@H](C)[C@@H]1C[C@@](O)(NC(=O)O1)[C@H](OC)/C=C/C=C(\C)C2. The molecule has 6 N–H and O–H groups in total. The number of nitrogens with two attached hydrogens (primary N) is 1. The highest BCUT2D eigenvalue weighted by atomic mass is 35.5. The van der Waals surface area contributed by atoms with Crippen LogP contribution >= 0.6 is 11.6 Å². The summed E-state index contributed by atoms with van der Waals surface area (Å²) in [7, 11) is 9.25. The molecular weight excluding hydrogens is 1250 g/mol. The number of esters is 1. The third-order valence-corrected chi connectivity index (χ3v) is 18.3. The molecule has 1 aliphatic carbocycles. The van der Waals surface area contributed by atoms with Gasteiger partial charge in [0.1, 0.15) is 53.4 Å². The van der Waals surface area contributed by atoms with Crippen molar-refractivity contribution < 1.29 is 81.4 Å². The number of fused-ring (bicyclic) bond motifs is 8. The molecule has 0 radical (unpaired) electrons. The lowest BCUT2D eigenvalue weighted by Gasteiger charge is -2.42. The van der Waals surface area contributed by atoms with Gasteiger partial charge in [-0.25, -0.2) is 24.4 Å². The molecule has 4 aliphatic rings. The van der Waals surface area contributed by atoms with E-state index in [4.69, 9.17) is 55.2 Å². The van der Waals surface area contributed by atoms with E-state index in [1.165, 1.54) is 43.0 Å². The summed E-state index contributed by atoms with van der Waals surface area (Å²) in [5.41, 5.74) is 9.60. The lowest BCUT2D eigenvalue weighted by Crippen LogP contribution is -2.63. The minimum Gasteiger partial charge on any atom is -0.495 e. The van der Waals surface area contributed by atoms with Gasteiger partial charge in [-0.1, -0.05) is 90.9 Å². The number of likely N-dealkylation sites (N-methyl/N-ethyl adjacent to an activating group) is 1. The molecule has 4 aromatic rings. The van der Waals surface area contributed by atoms with Crippen LogP contribution in [0.1, 0.15) is 88.0 Å². The lowest BCUT2D eigenvalue weighted by atomic mass is 9.83. The Labute approximate surface area is 558 Å². The number of primary amides is 1. The van der Waals surface area contributed by atoms with Crippen LogP contribution in [-0.4, -0.2) is 202 Å². The van der Waals surface area contributed by atoms with E-state index in [2.05, 4.69) is 40.2 Å². The van der Waals surface area contributed by atoms with Crippen LogP contribution in [0.25, 0.3) is 11.1 Å². The van der Waals surface area contributed by atoms with Gasteiger partial charge in [0, 0.05) is 92.0 Å². The Kier molecular flexibility index (Phi) is 24.7. The zero-order valence-electron chi connectivity index (χ0n) is 55.4. The number of allylic oxidation sites excluding steroid dienone is 3. The summed E-state index contributed by atoms with van der Waals surface area (Å²) in [5, 5.41) is 22.9. The Morgan fingerprint density at radius 2 is 1.63 bits per heavy atom. The minimum atomic E-state index is -1.89. The van der Waals surface area contributed by atoms with Crippen LogP contribution in [-0.2, 0) is 81.4 Å². The van der Waals surface area contributed by atoms with Gasteiger partial charge in [0.05, 0.1) is 64.6 Å². The fraction of sp³-hybridized carbons (Fsp3) is 0.500. The quantitative estimate of drug-likeness (QED) is 0.0170. The van der Waals surface area contributed by atoms with E-state index in [0.717, 1.165) is 39.0 Å². The second-order valence-corrected chi connectivity index (χ2v) is 25.0. The lowest BCUT2D eigenvalue weighted by molar-refractivity contribution is -0.162. The number of amides is 7. The smallest absolute Gasteiger partial charge is 0.424 e. The first-order valence-electron chi connectivity index (χ1n) is 31.6. The number of benzene rings is 3. The second kappa shape index (κ2) is 32.4. The van der Waals surface area contributed by atoms with E-state index >= 15 is 0 Å². The number of hydrogen-bond acceptors (Lipinski definition) is 18. The summed E-state index contributed by atoms with van der Waals surface area (Å²) in [6.45, 7) is 7.81. The molecule has 9 atom stereocenters. The number of hydrazine groups is 1. The zero-order chi connectivity index (χ0) is 68.9. The van der Waals surface area contributed by atoms with Crippen molar-refractivity contribution in [3.63, 3.8) is 0 Å². The summed E-state index contributed by atoms with van der Waals surface area (Å²) < 4.78 is 48.3. The van der Waals surface area contributed by atoms with Crippen LogP contribution in [0.4, 0.5) is 15.3 Å². The number of hydrogen-bond donors (Lipinski definition) is 5. The number of halogens is 1. The fourth-order valence-electron chi connectivity index (χ4n) is 12.1. The Morgan fingerprint density at radius 1 is 0.947 bits per heavy atom. The Bertz CT molecular complexity index is 3460. The van der Waals surface area contributed by atoms with E-state index in [1.807, 2.05) is 49.5 Å². The van der Waals surface area contributed by atoms with Crippen LogP contribution in [0, 0.1) is 5.92 Å². The van der Waals surface area contributed by atoms with Gasteiger partial charge in [-0.05, 0) is 78.8 Å². The van der Waals surface area contributed by atoms with Crippen molar-refractivity contribution in [3.8, 4) is 16.9 Å². The average molecular weight is 1340 g/mol. The van der Waals surface area contributed by atoms with Crippen LogP contribution < -0.4 is 31.3 Å². The van der Waals surface area contributed by atoms with Gasteiger partial charge in [0.15, 0.2) is 5.72 Å².